The van der Waals surface area contributed by atoms with Crippen LogP contribution >= 0.6 is 11.8 Å². The van der Waals surface area contributed by atoms with Gasteiger partial charge in [0.1, 0.15) is 5.82 Å². The number of nitrogens with one attached hydrogen (secondary N) is 1. The second kappa shape index (κ2) is 3.68. The van der Waals surface area contributed by atoms with Gasteiger partial charge in [0, 0.05) is 17.4 Å². The Morgan fingerprint density at radius 2 is 2.23 bits per heavy atom. The first kappa shape index (κ1) is 9.03. The third kappa shape index (κ3) is 1.86. The van der Waals surface area contributed by atoms with Gasteiger partial charge in [0.2, 0.25) is 0 Å². The maximum Gasteiger partial charge on any atom is 0.128 e. The van der Waals surface area contributed by atoms with E-state index in [9.17, 15) is 4.39 Å². The molecule has 1 fully saturated rings. The van der Waals surface area contributed by atoms with Crippen LogP contribution in [0.15, 0.2) is 24.3 Å². The Balaban J connectivity index is 2.21. The summed E-state index contributed by atoms with van der Waals surface area (Å²) in [7, 11) is 0. The Morgan fingerprint density at radius 1 is 1.46 bits per heavy atom. The maximum absolute atomic E-state index is 13.3. The number of rotatable bonds is 1. The van der Waals surface area contributed by atoms with Crippen LogP contribution in [0.3, 0.4) is 0 Å². The van der Waals surface area contributed by atoms with E-state index < -0.39 is 0 Å². The highest BCUT2D eigenvalue weighted by Gasteiger charge is 2.24. The van der Waals surface area contributed by atoms with Crippen LogP contribution < -0.4 is 5.32 Å². The van der Waals surface area contributed by atoms with Gasteiger partial charge in [-0.3, -0.25) is 0 Å². The van der Waals surface area contributed by atoms with Crippen molar-refractivity contribution in [1.82, 2.24) is 5.32 Å². The lowest BCUT2D eigenvalue weighted by atomic mass is 10.2. The van der Waals surface area contributed by atoms with Gasteiger partial charge in [-0.1, -0.05) is 25.1 Å². The maximum atomic E-state index is 13.3. The summed E-state index contributed by atoms with van der Waals surface area (Å²) in [5.41, 5.74) is 0.775. The lowest BCUT2D eigenvalue weighted by Gasteiger charge is -2.10. The average Bonchev–Trinajstić information content (AvgIpc) is 2.53. The zero-order valence-electron chi connectivity index (χ0n) is 7.46. The van der Waals surface area contributed by atoms with Crippen molar-refractivity contribution in [1.29, 1.82) is 0 Å². The molecule has 2 unspecified atom stereocenters. The molecule has 1 aliphatic rings. The normalized spacial score (nSPS) is 27.8. The van der Waals surface area contributed by atoms with Gasteiger partial charge in [-0.2, -0.15) is 0 Å². The Morgan fingerprint density at radius 3 is 2.85 bits per heavy atom. The van der Waals surface area contributed by atoms with Crippen molar-refractivity contribution in [2.24, 2.45) is 0 Å². The molecule has 2 atom stereocenters. The molecule has 0 amide bonds. The van der Waals surface area contributed by atoms with E-state index in [4.69, 9.17) is 0 Å². The van der Waals surface area contributed by atoms with Crippen molar-refractivity contribution >= 4 is 11.8 Å². The molecule has 1 nitrogen and oxygen atoms in total. The number of halogens is 1. The van der Waals surface area contributed by atoms with E-state index in [1.807, 2.05) is 12.1 Å². The summed E-state index contributed by atoms with van der Waals surface area (Å²) >= 11 is 1.78. The van der Waals surface area contributed by atoms with Crippen molar-refractivity contribution in [3.63, 3.8) is 0 Å². The van der Waals surface area contributed by atoms with Crippen LogP contribution in [0.4, 0.5) is 4.39 Å². The van der Waals surface area contributed by atoms with Crippen molar-refractivity contribution in [3.05, 3.63) is 35.6 Å². The van der Waals surface area contributed by atoms with E-state index in [1.54, 1.807) is 17.8 Å². The zero-order valence-corrected chi connectivity index (χ0v) is 8.27. The predicted molar refractivity (Wildman–Crippen MR) is 54.2 cm³/mol. The molecule has 13 heavy (non-hydrogen) atoms. The third-order valence-electron chi connectivity index (χ3n) is 2.15. The lowest BCUT2D eigenvalue weighted by molar-refractivity contribution is 0.593. The molecule has 1 saturated heterocycles. The van der Waals surface area contributed by atoms with Crippen molar-refractivity contribution in [2.75, 3.05) is 6.54 Å². The molecule has 0 bridgehead atoms. The fourth-order valence-corrected chi connectivity index (χ4v) is 2.66. The minimum absolute atomic E-state index is 0.110. The summed E-state index contributed by atoms with van der Waals surface area (Å²) in [5.74, 6) is -0.110. The standard InChI is InChI=1S/C10H12FNS/c1-7-6-12-10(13-7)8-4-2-3-5-9(8)11/h2-5,7,10,12H,6H2,1H3. The first-order chi connectivity index (χ1) is 6.27. The minimum atomic E-state index is -0.110. The summed E-state index contributed by atoms with van der Waals surface area (Å²) in [4.78, 5) is 0. The van der Waals surface area contributed by atoms with Crippen LogP contribution in [-0.2, 0) is 0 Å². The first-order valence-electron chi connectivity index (χ1n) is 4.40. The molecule has 70 valence electrons. The van der Waals surface area contributed by atoms with Crippen LogP contribution in [0.1, 0.15) is 17.9 Å². The fourth-order valence-electron chi connectivity index (χ4n) is 1.47. The number of benzene rings is 1. The van der Waals surface area contributed by atoms with E-state index >= 15 is 0 Å². The van der Waals surface area contributed by atoms with E-state index in [0.717, 1.165) is 12.1 Å². The Kier molecular flexibility index (Phi) is 2.56. The molecule has 0 spiro atoms. The van der Waals surface area contributed by atoms with Gasteiger partial charge in [0.05, 0.1) is 5.37 Å². The zero-order chi connectivity index (χ0) is 9.26. The van der Waals surface area contributed by atoms with E-state index in [-0.39, 0.29) is 11.2 Å². The number of hydrogen-bond donors (Lipinski definition) is 1. The van der Waals surface area contributed by atoms with Gasteiger partial charge in [0.15, 0.2) is 0 Å². The molecule has 1 heterocycles. The largest absolute Gasteiger partial charge is 0.300 e. The van der Waals surface area contributed by atoms with Crippen LogP contribution in [0.5, 0.6) is 0 Å². The SMILES string of the molecule is CC1CNC(c2ccccc2F)S1. The highest BCUT2D eigenvalue weighted by molar-refractivity contribution is 8.00. The Labute approximate surface area is 81.7 Å². The molecule has 0 saturated carbocycles. The van der Waals surface area contributed by atoms with E-state index in [2.05, 4.69) is 12.2 Å². The molecule has 2 rings (SSSR count). The number of hydrogen-bond acceptors (Lipinski definition) is 2. The number of thioether (sulfide) groups is 1. The molecular formula is C10H12FNS. The molecule has 1 N–H and O–H groups in total. The summed E-state index contributed by atoms with van der Waals surface area (Å²) in [5, 5.41) is 4.00. The first-order valence-corrected chi connectivity index (χ1v) is 5.35. The van der Waals surface area contributed by atoms with Gasteiger partial charge < -0.3 is 5.32 Å². The van der Waals surface area contributed by atoms with E-state index in [0.29, 0.717) is 5.25 Å². The molecule has 1 aliphatic heterocycles. The van der Waals surface area contributed by atoms with Gasteiger partial charge in [-0.05, 0) is 6.07 Å². The monoisotopic (exact) mass is 197 g/mol. The third-order valence-corrected chi connectivity index (χ3v) is 3.47. The lowest BCUT2D eigenvalue weighted by Crippen LogP contribution is -2.14. The van der Waals surface area contributed by atoms with Crippen LogP contribution in [0, 0.1) is 5.82 Å². The van der Waals surface area contributed by atoms with Gasteiger partial charge >= 0.3 is 0 Å². The average molecular weight is 197 g/mol. The van der Waals surface area contributed by atoms with E-state index in [1.165, 1.54) is 6.07 Å². The van der Waals surface area contributed by atoms with Crippen molar-refractivity contribution in [2.45, 2.75) is 17.5 Å². The Bertz CT molecular complexity index is 303. The van der Waals surface area contributed by atoms with Gasteiger partial charge in [0.25, 0.3) is 0 Å². The van der Waals surface area contributed by atoms with Crippen LogP contribution in [0.25, 0.3) is 0 Å². The highest BCUT2D eigenvalue weighted by Crippen LogP contribution is 2.35. The molecule has 0 radical (unpaired) electrons. The quantitative estimate of drug-likeness (QED) is 0.742. The predicted octanol–water partition coefficient (Wildman–Crippen LogP) is 2.55. The molecule has 3 heteroatoms. The molecule has 1 aromatic rings. The second-order valence-electron chi connectivity index (χ2n) is 3.26. The molecule has 0 aromatic heterocycles. The van der Waals surface area contributed by atoms with Crippen LogP contribution in [0.2, 0.25) is 0 Å². The van der Waals surface area contributed by atoms with Crippen LogP contribution in [-0.4, -0.2) is 11.8 Å². The highest BCUT2D eigenvalue weighted by atomic mass is 32.2. The second-order valence-corrected chi connectivity index (χ2v) is 4.80. The van der Waals surface area contributed by atoms with Gasteiger partial charge in [-0.15, -0.1) is 11.8 Å². The van der Waals surface area contributed by atoms with Crippen molar-refractivity contribution in [3.8, 4) is 0 Å². The summed E-state index contributed by atoms with van der Waals surface area (Å²) < 4.78 is 13.3. The summed E-state index contributed by atoms with van der Waals surface area (Å²) in [6, 6.07) is 6.96. The molecular weight excluding hydrogens is 185 g/mol. The fraction of sp³-hybridized carbons (Fsp3) is 0.400. The topological polar surface area (TPSA) is 12.0 Å². The summed E-state index contributed by atoms with van der Waals surface area (Å²) in [6.45, 7) is 3.11. The van der Waals surface area contributed by atoms with Gasteiger partial charge in [-0.25, -0.2) is 4.39 Å². The molecule has 1 aromatic carbocycles. The summed E-state index contributed by atoms with van der Waals surface area (Å²) in [6.07, 6.45) is 0. The Hall–Kier alpha value is -0.540. The minimum Gasteiger partial charge on any atom is -0.300 e. The van der Waals surface area contributed by atoms with Crippen molar-refractivity contribution < 1.29 is 4.39 Å². The molecule has 0 aliphatic carbocycles. The smallest absolute Gasteiger partial charge is 0.128 e.